The molecule has 50 heavy (non-hydrogen) atoms. The first-order valence-electron chi connectivity index (χ1n) is 16.7. The summed E-state index contributed by atoms with van der Waals surface area (Å²) in [6.45, 7) is 0. The Morgan fingerprint density at radius 2 is 0.720 bits per heavy atom. The third-order valence-electron chi connectivity index (χ3n) is 9.17. The Kier molecular flexibility index (Phi) is 7.45. The fraction of sp³-hybridized carbons (Fsp3) is 0. The van der Waals surface area contributed by atoms with E-state index in [-0.39, 0.29) is 0 Å². The lowest BCUT2D eigenvalue weighted by Gasteiger charge is -2.10. The summed E-state index contributed by atoms with van der Waals surface area (Å²) in [5.41, 5.74) is 13.4. The number of hydrogen-bond acceptors (Lipinski definition) is 4. The molecule has 9 aromatic rings. The molecule has 0 atom stereocenters. The Morgan fingerprint density at radius 1 is 0.280 bits per heavy atom. The van der Waals surface area contributed by atoms with Crippen LogP contribution in [0.25, 0.3) is 89.2 Å². The largest absolute Gasteiger partial charge is 0.254 e. The maximum Gasteiger partial charge on any atom is 0.160 e. The maximum atomic E-state index is 5.01. The highest BCUT2D eigenvalue weighted by atomic mass is 14.9. The van der Waals surface area contributed by atoms with Crippen LogP contribution in [0, 0.1) is 0 Å². The van der Waals surface area contributed by atoms with E-state index in [0.717, 1.165) is 77.8 Å². The van der Waals surface area contributed by atoms with Crippen molar-refractivity contribution in [2.45, 2.75) is 0 Å². The van der Waals surface area contributed by atoms with E-state index in [1.807, 2.05) is 48.7 Å². The number of aromatic nitrogens is 4. The fourth-order valence-corrected chi connectivity index (χ4v) is 6.47. The molecule has 4 nitrogen and oxygen atoms in total. The summed E-state index contributed by atoms with van der Waals surface area (Å²) in [5, 5.41) is 2.19. The van der Waals surface area contributed by atoms with Gasteiger partial charge in [-0.25, -0.2) is 15.0 Å². The Bertz CT molecular complexity index is 2540. The standard InChI is InChI=1S/C46H30N4/c1-3-8-35(9-4-1)42-30-43(50-46(49-42)40-10-5-2-6-11-40)37-23-19-34(20-24-37)32-15-13-31(14-16-32)33-17-21-36(22-18-33)41-28-27-39-26-25-38-12-7-29-47-44(38)45(39)48-41/h1-30H. The molecule has 0 aliphatic carbocycles. The van der Waals surface area contributed by atoms with Crippen LogP contribution in [0.5, 0.6) is 0 Å². The lowest BCUT2D eigenvalue weighted by Crippen LogP contribution is -1.95. The van der Waals surface area contributed by atoms with Crippen LogP contribution in [0.1, 0.15) is 0 Å². The molecule has 0 aliphatic rings. The predicted molar refractivity (Wildman–Crippen MR) is 205 cm³/mol. The molecule has 0 N–H and O–H groups in total. The van der Waals surface area contributed by atoms with Crippen LogP contribution in [0.4, 0.5) is 0 Å². The van der Waals surface area contributed by atoms with Gasteiger partial charge in [0.1, 0.15) is 0 Å². The summed E-state index contributed by atoms with van der Waals surface area (Å²) in [5.74, 6) is 0.717. The highest BCUT2D eigenvalue weighted by Gasteiger charge is 2.12. The van der Waals surface area contributed by atoms with Crippen LogP contribution in [0.2, 0.25) is 0 Å². The second kappa shape index (κ2) is 12.7. The second-order valence-corrected chi connectivity index (χ2v) is 12.3. The first-order valence-corrected chi connectivity index (χ1v) is 16.7. The monoisotopic (exact) mass is 638 g/mol. The van der Waals surface area contributed by atoms with Crippen molar-refractivity contribution in [3.05, 3.63) is 182 Å². The zero-order valence-electron chi connectivity index (χ0n) is 27.1. The van der Waals surface area contributed by atoms with Gasteiger partial charge >= 0.3 is 0 Å². The van der Waals surface area contributed by atoms with E-state index in [4.69, 9.17) is 15.0 Å². The number of pyridine rings is 2. The number of nitrogens with zero attached hydrogens (tertiary/aromatic N) is 4. The number of rotatable bonds is 6. The third kappa shape index (κ3) is 5.69. The quantitative estimate of drug-likeness (QED) is 0.170. The van der Waals surface area contributed by atoms with Gasteiger partial charge in [-0.2, -0.15) is 0 Å². The van der Waals surface area contributed by atoms with Crippen molar-refractivity contribution in [2.24, 2.45) is 0 Å². The molecule has 0 saturated heterocycles. The Balaban J connectivity index is 0.965. The van der Waals surface area contributed by atoms with Gasteiger partial charge in [0, 0.05) is 39.2 Å². The van der Waals surface area contributed by atoms with E-state index in [2.05, 4.69) is 138 Å². The smallest absolute Gasteiger partial charge is 0.160 e. The molecule has 234 valence electrons. The summed E-state index contributed by atoms with van der Waals surface area (Å²) < 4.78 is 0. The molecule has 3 aromatic heterocycles. The molecule has 0 unspecified atom stereocenters. The van der Waals surface area contributed by atoms with Crippen molar-refractivity contribution in [3.8, 4) is 67.4 Å². The van der Waals surface area contributed by atoms with Gasteiger partial charge in [0.25, 0.3) is 0 Å². The van der Waals surface area contributed by atoms with Crippen molar-refractivity contribution in [2.75, 3.05) is 0 Å². The van der Waals surface area contributed by atoms with Gasteiger partial charge in [0.2, 0.25) is 0 Å². The molecule has 0 saturated carbocycles. The van der Waals surface area contributed by atoms with Crippen molar-refractivity contribution >= 4 is 21.8 Å². The minimum Gasteiger partial charge on any atom is -0.254 e. The molecule has 0 aliphatic heterocycles. The van der Waals surface area contributed by atoms with E-state index in [9.17, 15) is 0 Å². The van der Waals surface area contributed by atoms with Crippen LogP contribution >= 0.6 is 0 Å². The highest BCUT2D eigenvalue weighted by Crippen LogP contribution is 2.32. The first-order chi connectivity index (χ1) is 24.7. The molecule has 0 amide bonds. The lowest BCUT2D eigenvalue weighted by atomic mass is 9.98. The van der Waals surface area contributed by atoms with E-state index in [0.29, 0.717) is 5.82 Å². The average Bonchev–Trinajstić information content (AvgIpc) is 3.21. The number of benzene rings is 6. The molecule has 9 rings (SSSR count). The van der Waals surface area contributed by atoms with Gasteiger partial charge in [0.15, 0.2) is 5.82 Å². The Hall–Kier alpha value is -6.78. The molecule has 4 heteroatoms. The number of hydrogen-bond donors (Lipinski definition) is 0. The summed E-state index contributed by atoms with van der Waals surface area (Å²) >= 11 is 0. The first kappa shape index (κ1) is 29.4. The zero-order valence-corrected chi connectivity index (χ0v) is 27.1. The summed E-state index contributed by atoms with van der Waals surface area (Å²) in [7, 11) is 0. The summed E-state index contributed by atoms with van der Waals surface area (Å²) in [6, 6.07) is 61.0. The summed E-state index contributed by atoms with van der Waals surface area (Å²) in [6.07, 6.45) is 1.83. The Labute approximate surface area is 290 Å². The van der Waals surface area contributed by atoms with Crippen molar-refractivity contribution in [3.63, 3.8) is 0 Å². The van der Waals surface area contributed by atoms with Crippen molar-refractivity contribution in [1.29, 1.82) is 0 Å². The van der Waals surface area contributed by atoms with Crippen molar-refractivity contribution in [1.82, 2.24) is 19.9 Å². The van der Waals surface area contributed by atoms with Gasteiger partial charge < -0.3 is 0 Å². The molecular formula is C46H30N4. The van der Waals surface area contributed by atoms with Crippen LogP contribution in [-0.2, 0) is 0 Å². The molecular weight excluding hydrogens is 609 g/mol. The predicted octanol–water partition coefficient (Wildman–Crippen LogP) is 11.6. The van der Waals surface area contributed by atoms with Gasteiger partial charge in [0.05, 0.1) is 28.1 Å². The zero-order chi connectivity index (χ0) is 33.3. The molecule has 6 aromatic carbocycles. The van der Waals surface area contributed by atoms with Gasteiger partial charge in [-0.1, -0.05) is 158 Å². The van der Waals surface area contributed by atoms with Crippen LogP contribution in [-0.4, -0.2) is 19.9 Å². The second-order valence-electron chi connectivity index (χ2n) is 12.3. The van der Waals surface area contributed by atoms with Gasteiger partial charge in [-0.15, -0.1) is 0 Å². The minimum atomic E-state index is 0.717. The van der Waals surface area contributed by atoms with Gasteiger partial charge in [-0.05, 0) is 40.5 Å². The summed E-state index contributed by atoms with van der Waals surface area (Å²) in [4.78, 5) is 19.5. The minimum absolute atomic E-state index is 0.717. The SMILES string of the molecule is c1ccc(-c2cc(-c3ccc(-c4ccc(-c5ccc(-c6ccc7ccc8cccnc8c7n6)cc5)cc4)cc3)nc(-c3ccccc3)n2)cc1. The molecule has 0 fully saturated rings. The molecule has 0 radical (unpaired) electrons. The van der Waals surface area contributed by atoms with E-state index in [1.54, 1.807) is 0 Å². The topological polar surface area (TPSA) is 51.6 Å². The number of fused-ring (bicyclic) bond motifs is 3. The fourth-order valence-electron chi connectivity index (χ4n) is 6.47. The van der Waals surface area contributed by atoms with E-state index >= 15 is 0 Å². The molecule has 0 spiro atoms. The maximum absolute atomic E-state index is 5.01. The van der Waals surface area contributed by atoms with E-state index < -0.39 is 0 Å². The van der Waals surface area contributed by atoms with Crippen LogP contribution in [0.3, 0.4) is 0 Å². The van der Waals surface area contributed by atoms with Crippen molar-refractivity contribution < 1.29 is 0 Å². The van der Waals surface area contributed by atoms with Crippen LogP contribution < -0.4 is 0 Å². The Morgan fingerprint density at radius 3 is 1.28 bits per heavy atom. The normalized spacial score (nSPS) is 11.2. The lowest BCUT2D eigenvalue weighted by molar-refractivity contribution is 1.18. The van der Waals surface area contributed by atoms with Crippen LogP contribution in [0.15, 0.2) is 182 Å². The highest BCUT2D eigenvalue weighted by molar-refractivity contribution is 6.03. The molecule has 0 bridgehead atoms. The third-order valence-corrected chi connectivity index (χ3v) is 9.17. The van der Waals surface area contributed by atoms with E-state index in [1.165, 1.54) is 5.56 Å². The van der Waals surface area contributed by atoms with Gasteiger partial charge in [-0.3, -0.25) is 4.98 Å². The molecule has 3 heterocycles. The average molecular weight is 639 g/mol.